The van der Waals surface area contributed by atoms with Gasteiger partial charge in [0.05, 0.1) is 0 Å². The standard InChI is InChI=1S/C14H30N2/c1-4-9-15(10-5-2)12-13-16(11-6-3)14-7-8-14/h14H,4-13H2,1-3H3. The first kappa shape index (κ1) is 14.0. The van der Waals surface area contributed by atoms with E-state index in [1.807, 2.05) is 0 Å². The van der Waals surface area contributed by atoms with Crippen LogP contribution in [0.5, 0.6) is 0 Å². The smallest absolute Gasteiger partial charge is 0.0112 e. The minimum Gasteiger partial charge on any atom is -0.302 e. The van der Waals surface area contributed by atoms with Gasteiger partial charge < -0.3 is 4.90 Å². The van der Waals surface area contributed by atoms with E-state index in [1.54, 1.807) is 0 Å². The number of hydrogen-bond acceptors (Lipinski definition) is 2. The van der Waals surface area contributed by atoms with E-state index in [2.05, 4.69) is 30.6 Å². The lowest BCUT2D eigenvalue weighted by Gasteiger charge is -2.27. The lowest BCUT2D eigenvalue weighted by atomic mass is 10.3. The van der Waals surface area contributed by atoms with Crippen molar-refractivity contribution in [3.8, 4) is 0 Å². The lowest BCUT2D eigenvalue weighted by Crippen LogP contribution is -2.37. The molecule has 0 bridgehead atoms. The first-order chi connectivity index (χ1) is 7.81. The van der Waals surface area contributed by atoms with Crippen LogP contribution < -0.4 is 0 Å². The highest BCUT2D eigenvalue weighted by molar-refractivity contribution is 4.84. The molecule has 0 N–H and O–H groups in total. The van der Waals surface area contributed by atoms with E-state index >= 15 is 0 Å². The van der Waals surface area contributed by atoms with Gasteiger partial charge in [-0.15, -0.1) is 0 Å². The summed E-state index contributed by atoms with van der Waals surface area (Å²) in [6.07, 6.45) is 6.77. The molecule has 2 heteroatoms. The van der Waals surface area contributed by atoms with Crippen molar-refractivity contribution >= 4 is 0 Å². The Bertz CT molecular complexity index is 160. The zero-order valence-electron chi connectivity index (χ0n) is 11.5. The Morgan fingerprint density at radius 2 is 1.31 bits per heavy atom. The van der Waals surface area contributed by atoms with Crippen LogP contribution in [-0.2, 0) is 0 Å². The van der Waals surface area contributed by atoms with E-state index in [-0.39, 0.29) is 0 Å². The van der Waals surface area contributed by atoms with Gasteiger partial charge in [0.1, 0.15) is 0 Å². The molecule has 0 aromatic carbocycles. The lowest BCUT2D eigenvalue weighted by molar-refractivity contribution is 0.197. The molecule has 0 aromatic rings. The van der Waals surface area contributed by atoms with Crippen LogP contribution in [0.15, 0.2) is 0 Å². The van der Waals surface area contributed by atoms with Crippen LogP contribution in [0.1, 0.15) is 52.9 Å². The summed E-state index contributed by atoms with van der Waals surface area (Å²) in [4.78, 5) is 5.34. The number of nitrogens with zero attached hydrogens (tertiary/aromatic N) is 2. The van der Waals surface area contributed by atoms with Crippen molar-refractivity contribution in [2.24, 2.45) is 0 Å². The van der Waals surface area contributed by atoms with Gasteiger partial charge in [0.2, 0.25) is 0 Å². The Morgan fingerprint density at radius 3 is 1.75 bits per heavy atom. The van der Waals surface area contributed by atoms with Crippen molar-refractivity contribution in [3.05, 3.63) is 0 Å². The van der Waals surface area contributed by atoms with E-state index in [0.29, 0.717) is 0 Å². The Hall–Kier alpha value is -0.0800. The Kier molecular flexibility index (Phi) is 7.06. The Balaban J connectivity index is 2.21. The van der Waals surface area contributed by atoms with E-state index in [1.165, 1.54) is 64.8 Å². The number of rotatable bonds is 10. The van der Waals surface area contributed by atoms with E-state index in [0.717, 1.165) is 6.04 Å². The quantitative estimate of drug-likeness (QED) is 0.565. The highest BCUT2D eigenvalue weighted by Crippen LogP contribution is 2.26. The maximum absolute atomic E-state index is 2.71. The molecule has 0 atom stereocenters. The molecular formula is C14H30N2. The first-order valence-electron chi connectivity index (χ1n) is 7.28. The van der Waals surface area contributed by atoms with Crippen LogP contribution in [0.3, 0.4) is 0 Å². The van der Waals surface area contributed by atoms with Gasteiger partial charge in [0.25, 0.3) is 0 Å². The molecule has 1 fully saturated rings. The second-order valence-corrected chi connectivity index (χ2v) is 5.11. The minimum atomic E-state index is 0.935. The van der Waals surface area contributed by atoms with Gasteiger partial charge >= 0.3 is 0 Å². The fourth-order valence-corrected chi connectivity index (χ4v) is 2.44. The maximum Gasteiger partial charge on any atom is 0.0112 e. The molecule has 2 nitrogen and oxygen atoms in total. The molecule has 0 aliphatic heterocycles. The summed E-state index contributed by atoms with van der Waals surface area (Å²) in [5.41, 5.74) is 0. The molecule has 0 radical (unpaired) electrons. The van der Waals surface area contributed by atoms with Crippen LogP contribution >= 0.6 is 0 Å². The third-order valence-electron chi connectivity index (χ3n) is 3.36. The molecule has 1 aliphatic carbocycles. The molecule has 0 saturated heterocycles. The Labute approximate surface area is 102 Å². The van der Waals surface area contributed by atoms with Gasteiger partial charge in [0, 0.05) is 19.1 Å². The van der Waals surface area contributed by atoms with Crippen LogP contribution in [0.4, 0.5) is 0 Å². The second-order valence-electron chi connectivity index (χ2n) is 5.11. The monoisotopic (exact) mass is 226 g/mol. The maximum atomic E-state index is 2.71. The summed E-state index contributed by atoms with van der Waals surface area (Å²) < 4.78 is 0. The molecule has 1 rings (SSSR count). The van der Waals surface area contributed by atoms with Crippen molar-refractivity contribution in [2.75, 3.05) is 32.7 Å². The molecule has 0 aromatic heterocycles. The average Bonchev–Trinajstić information content (AvgIpc) is 3.08. The molecule has 1 saturated carbocycles. The zero-order chi connectivity index (χ0) is 11.8. The summed E-state index contributed by atoms with van der Waals surface area (Å²) in [7, 11) is 0. The number of hydrogen-bond donors (Lipinski definition) is 0. The van der Waals surface area contributed by atoms with Crippen molar-refractivity contribution in [3.63, 3.8) is 0 Å². The van der Waals surface area contributed by atoms with E-state index in [9.17, 15) is 0 Å². The summed E-state index contributed by atoms with van der Waals surface area (Å²) in [5, 5.41) is 0. The molecule has 96 valence electrons. The van der Waals surface area contributed by atoms with Crippen molar-refractivity contribution < 1.29 is 0 Å². The molecular weight excluding hydrogens is 196 g/mol. The predicted octanol–water partition coefficient (Wildman–Crippen LogP) is 2.98. The SMILES string of the molecule is CCCN(CCC)CCN(CCC)C1CC1. The summed E-state index contributed by atoms with van der Waals surface area (Å²) in [6.45, 7) is 13.3. The molecule has 16 heavy (non-hydrogen) atoms. The highest BCUT2D eigenvalue weighted by Gasteiger charge is 2.27. The van der Waals surface area contributed by atoms with Crippen LogP contribution in [0, 0.1) is 0 Å². The minimum absolute atomic E-state index is 0.935. The normalized spacial score (nSPS) is 16.3. The van der Waals surface area contributed by atoms with Crippen LogP contribution in [-0.4, -0.2) is 48.6 Å². The summed E-state index contributed by atoms with van der Waals surface area (Å²) in [6, 6.07) is 0.935. The van der Waals surface area contributed by atoms with Crippen molar-refractivity contribution in [1.29, 1.82) is 0 Å². The third kappa shape index (κ3) is 5.31. The molecule has 1 aliphatic rings. The van der Waals surface area contributed by atoms with Gasteiger partial charge in [-0.25, -0.2) is 0 Å². The topological polar surface area (TPSA) is 6.48 Å². The van der Waals surface area contributed by atoms with Crippen LogP contribution in [0.2, 0.25) is 0 Å². The fourth-order valence-electron chi connectivity index (χ4n) is 2.44. The van der Waals surface area contributed by atoms with Gasteiger partial charge in [-0.3, -0.25) is 4.90 Å². The van der Waals surface area contributed by atoms with E-state index in [4.69, 9.17) is 0 Å². The fraction of sp³-hybridized carbons (Fsp3) is 1.00. The van der Waals surface area contributed by atoms with Crippen LogP contribution in [0.25, 0.3) is 0 Å². The Morgan fingerprint density at radius 1 is 0.750 bits per heavy atom. The molecule has 0 heterocycles. The largest absolute Gasteiger partial charge is 0.302 e. The average molecular weight is 226 g/mol. The van der Waals surface area contributed by atoms with Crippen molar-refractivity contribution in [2.45, 2.75) is 58.9 Å². The molecule has 0 spiro atoms. The summed E-state index contributed by atoms with van der Waals surface area (Å²) >= 11 is 0. The first-order valence-corrected chi connectivity index (χ1v) is 7.28. The predicted molar refractivity (Wildman–Crippen MR) is 71.9 cm³/mol. The van der Waals surface area contributed by atoms with Gasteiger partial charge in [-0.1, -0.05) is 20.8 Å². The van der Waals surface area contributed by atoms with E-state index < -0.39 is 0 Å². The highest BCUT2D eigenvalue weighted by atomic mass is 15.2. The molecule has 0 unspecified atom stereocenters. The summed E-state index contributed by atoms with van der Waals surface area (Å²) in [5.74, 6) is 0. The van der Waals surface area contributed by atoms with Gasteiger partial charge in [-0.2, -0.15) is 0 Å². The third-order valence-corrected chi connectivity index (χ3v) is 3.36. The van der Waals surface area contributed by atoms with Crippen molar-refractivity contribution in [1.82, 2.24) is 9.80 Å². The molecule has 0 amide bonds. The second kappa shape index (κ2) is 8.08. The van der Waals surface area contributed by atoms with Gasteiger partial charge in [-0.05, 0) is 51.7 Å². The zero-order valence-corrected chi connectivity index (χ0v) is 11.5. The van der Waals surface area contributed by atoms with Gasteiger partial charge in [0.15, 0.2) is 0 Å².